The molecule has 0 aromatic heterocycles. The molecule has 2 aliphatic rings. The molecule has 0 fully saturated rings. The number of rotatable bonds is 2. The fourth-order valence-corrected chi connectivity index (χ4v) is 4.68. The number of hydrogen-bond donors (Lipinski definition) is 0. The van der Waals surface area contributed by atoms with Gasteiger partial charge >= 0.3 is 0 Å². The molecule has 2 aliphatic carbocycles. The van der Waals surface area contributed by atoms with Gasteiger partial charge in [0.25, 0.3) is 0 Å². The van der Waals surface area contributed by atoms with Crippen molar-refractivity contribution < 1.29 is 0 Å². The second-order valence-corrected chi connectivity index (χ2v) is 8.07. The summed E-state index contributed by atoms with van der Waals surface area (Å²) in [6.07, 6.45) is 7.76. The topological polar surface area (TPSA) is 0 Å². The molecule has 5 rings (SSSR count). The van der Waals surface area contributed by atoms with Crippen LogP contribution in [-0.4, -0.2) is 0 Å². The number of hydrogen-bond acceptors (Lipinski definition) is 0. The third kappa shape index (κ3) is 2.60. The van der Waals surface area contributed by atoms with Gasteiger partial charge in [0.05, 0.1) is 0 Å². The van der Waals surface area contributed by atoms with Crippen LogP contribution in [0.4, 0.5) is 0 Å². The lowest BCUT2D eigenvalue weighted by Crippen LogP contribution is -2.13. The normalized spacial score (nSPS) is 14.1. The van der Waals surface area contributed by atoms with Gasteiger partial charge in [-0.2, -0.15) is 0 Å². The SMILES string of the molecule is CC(C)=c1ccc2c(c1C1=C(c3ccccc3Cl)C=CC1)C=c1ccccc1=2. The van der Waals surface area contributed by atoms with Crippen molar-refractivity contribution in [3.05, 3.63) is 115 Å². The summed E-state index contributed by atoms with van der Waals surface area (Å²) in [7, 11) is 0. The van der Waals surface area contributed by atoms with E-state index >= 15 is 0 Å². The minimum atomic E-state index is 0.806. The van der Waals surface area contributed by atoms with E-state index in [0.29, 0.717) is 0 Å². The molecule has 0 saturated heterocycles. The van der Waals surface area contributed by atoms with Crippen LogP contribution in [0.3, 0.4) is 0 Å². The first-order valence-electron chi connectivity index (χ1n) is 9.72. The van der Waals surface area contributed by atoms with E-state index in [1.54, 1.807) is 0 Å². The van der Waals surface area contributed by atoms with Crippen LogP contribution in [0.15, 0.2) is 72.8 Å². The Bertz CT molecular complexity index is 1400. The van der Waals surface area contributed by atoms with Crippen LogP contribution in [0, 0.1) is 10.4 Å². The fourth-order valence-electron chi connectivity index (χ4n) is 4.44. The van der Waals surface area contributed by atoms with Crippen molar-refractivity contribution in [1.29, 1.82) is 0 Å². The molecule has 0 bridgehead atoms. The van der Waals surface area contributed by atoms with Gasteiger partial charge in [-0.25, -0.2) is 0 Å². The summed E-state index contributed by atoms with van der Waals surface area (Å²) in [5.74, 6) is 0. The number of benzene rings is 3. The lowest BCUT2D eigenvalue weighted by Gasteiger charge is -2.14. The molecule has 136 valence electrons. The Morgan fingerprint density at radius 1 is 0.857 bits per heavy atom. The van der Waals surface area contributed by atoms with E-state index in [0.717, 1.165) is 17.0 Å². The number of fused-ring (bicyclic) bond motifs is 2. The van der Waals surface area contributed by atoms with E-state index in [-0.39, 0.29) is 0 Å². The monoisotopic (exact) mass is 380 g/mol. The van der Waals surface area contributed by atoms with Crippen molar-refractivity contribution in [2.75, 3.05) is 0 Å². The van der Waals surface area contributed by atoms with Crippen LogP contribution in [0.1, 0.15) is 37.0 Å². The van der Waals surface area contributed by atoms with E-state index in [9.17, 15) is 0 Å². The minimum Gasteiger partial charge on any atom is -0.0837 e. The van der Waals surface area contributed by atoms with Crippen molar-refractivity contribution >= 4 is 34.4 Å². The first-order valence-corrected chi connectivity index (χ1v) is 10.1. The van der Waals surface area contributed by atoms with Crippen molar-refractivity contribution in [3.8, 4) is 0 Å². The van der Waals surface area contributed by atoms with Gasteiger partial charge in [-0.15, -0.1) is 0 Å². The molecule has 28 heavy (non-hydrogen) atoms. The molecule has 0 heterocycles. The maximum atomic E-state index is 6.57. The Labute approximate surface area is 170 Å². The highest BCUT2D eigenvalue weighted by Crippen LogP contribution is 2.38. The van der Waals surface area contributed by atoms with Gasteiger partial charge in [-0.3, -0.25) is 0 Å². The Morgan fingerprint density at radius 3 is 2.46 bits per heavy atom. The van der Waals surface area contributed by atoms with Gasteiger partial charge in [0.1, 0.15) is 0 Å². The third-order valence-electron chi connectivity index (χ3n) is 5.73. The molecule has 3 aromatic rings. The predicted octanol–water partition coefficient (Wildman–Crippen LogP) is 5.83. The zero-order chi connectivity index (χ0) is 19.3. The van der Waals surface area contributed by atoms with Crippen LogP contribution in [0.25, 0.3) is 22.8 Å². The summed E-state index contributed by atoms with van der Waals surface area (Å²) in [4.78, 5) is 0. The molecule has 0 nitrogen and oxygen atoms in total. The molecule has 0 spiro atoms. The number of allylic oxidation sites excluding steroid dienone is 4. The van der Waals surface area contributed by atoms with Gasteiger partial charge in [0.2, 0.25) is 0 Å². The second-order valence-electron chi connectivity index (χ2n) is 7.66. The Balaban J connectivity index is 1.92. The molecule has 0 saturated carbocycles. The summed E-state index contributed by atoms with van der Waals surface area (Å²) in [5, 5.41) is 6.08. The molecular formula is C27H21Cl. The Morgan fingerprint density at radius 2 is 1.64 bits per heavy atom. The van der Waals surface area contributed by atoms with Crippen molar-refractivity contribution in [3.63, 3.8) is 0 Å². The first kappa shape index (κ1) is 17.3. The summed E-state index contributed by atoms with van der Waals surface area (Å²) >= 11 is 6.57. The van der Waals surface area contributed by atoms with E-state index in [4.69, 9.17) is 11.6 Å². The van der Waals surface area contributed by atoms with E-state index in [2.05, 4.69) is 80.6 Å². The zero-order valence-electron chi connectivity index (χ0n) is 16.1. The van der Waals surface area contributed by atoms with Gasteiger partial charge < -0.3 is 0 Å². The van der Waals surface area contributed by atoms with Crippen LogP contribution in [0.5, 0.6) is 0 Å². The smallest absolute Gasteiger partial charge is 0.0484 e. The molecular weight excluding hydrogens is 360 g/mol. The van der Waals surface area contributed by atoms with E-state index in [1.165, 1.54) is 48.7 Å². The summed E-state index contributed by atoms with van der Waals surface area (Å²) in [6, 6.07) is 21.4. The van der Waals surface area contributed by atoms with Crippen molar-refractivity contribution in [1.82, 2.24) is 0 Å². The van der Waals surface area contributed by atoms with Crippen molar-refractivity contribution in [2.24, 2.45) is 0 Å². The fraction of sp³-hybridized carbons (Fsp3) is 0.111. The zero-order valence-corrected chi connectivity index (χ0v) is 16.8. The molecule has 3 aromatic carbocycles. The molecule has 0 atom stereocenters. The average Bonchev–Trinajstić information content (AvgIpc) is 3.32. The summed E-state index contributed by atoms with van der Waals surface area (Å²) in [6.45, 7) is 4.40. The minimum absolute atomic E-state index is 0.806. The predicted molar refractivity (Wildman–Crippen MR) is 120 cm³/mol. The molecule has 0 unspecified atom stereocenters. The molecule has 0 aliphatic heterocycles. The molecule has 0 N–H and O–H groups in total. The van der Waals surface area contributed by atoms with Crippen molar-refractivity contribution in [2.45, 2.75) is 20.3 Å². The summed E-state index contributed by atoms with van der Waals surface area (Å²) < 4.78 is 0. The van der Waals surface area contributed by atoms with Gasteiger partial charge in [0.15, 0.2) is 0 Å². The van der Waals surface area contributed by atoms with Crippen LogP contribution >= 0.6 is 11.6 Å². The second kappa shape index (κ2) is 6.65. The van der Waals surface area contributed by atoms with Gasteiger partial charge in [0, 0.05) is 10.6 Å². The van der Waals surface area contributed by atoms with E-state index < -0.39 is 0 Å². The highest BCUT2D eigenvalue weighted by atomic mass is 35.5. The Kier molecular flexibility index (Phi) is 4.10. The average molecular weight is 381 g/mol. The highest BCUT2D eigenvalue weighted by molar-refractivity contribution is 6.33. The van der Waals surface area contributed by atoms with Crippen LogP contribution in [-0.2, 0) is 0 Å². The molecule has 0 radical (unpaired) electrons. The van der Waals surface area contributed by atoms with Crippen LogP contribution < -0.4 is 10.4 Å². The van der Waals surface area contributed by atoms with Crippen LogP contribution in [0.2, 0.25) is 5.02 Å². The largest absolute Gasteiger partial charge is 0.0837 e. The lowest BCUT2D eigenvalue weighted by molar-refractivity contribution is 1.35. The quantitative estimate of drug-likeness (QED) is 0.410. The first-order chi connectivity index (χ1) is 13.6. The maximum Gasteiger partial charge on any atom is 0.0484 e. The summed E-state index contributed by atoms with van der Waals surface area (Å²) in [5.41, 5.74) is 7.74. The highest BCUT2D eigenvalue weighted by Gasteiger charge is 2.20. The molecule has 0 amide bonds. The maximum absolute atomic E-state index is 6.57. The lowest BCUT2D eigenvalue weighted by atomic mass is 9.90. The number of halogens is 1. The van der Waals surface area contributed by atoms with E-state index in [1.807, 2.05) is 12.1 Å². The standard InChI is InChI=1S/C27H21Cl/c1-17(2)19-14-15-22-20-9-4-3-8-18(20)16-25(22)27(19)24-12-7-11-21(24)23-10-5-6-13-26(23)28/h3-11,13-16H,12H2,1-2H3. The Hall–Kier alpha value is -2.83. The van der Waals surface area contributed by atoms with Gasteiger partial charge in [-0.1, -0.05) is 83.9 Å². The van der Waals surface area contributed by atoms with Gasteiger partial charge in [-0.05, 0) is 75.6 Å². The third-order valence-corrected chi connectivity index (χ3v) is 6.06. The molecule has 1 heteroatoms.